The van der Waals surface area contributed by atoms with Gasteiger partial charge in [0.05, 0.1) is 12.8 Å². The predicted octanol–water partition coefficient (Wildman–Crippen LogP) is 2.89. The highest BCUT2D eigenvalue weighted by molar-refractivity contribution is 5.96. The Morgan fingerprint density at radius 2 is 1.29 bits per heavy atom. The van der Waals surface area contributed by atoms with Crippen molar-refractivity contribution >= 4 is 11.8 Å². The van der Waals surface area contributed by atoms with E-state index in [1.54, 1.807) is 34.1 Å². The predicted molar refractivity (Wildman–Crippen MR) is 112 cm³/mol. The zero-order valence-corrected chi connectivity index (χ0v) is 17.0. The fraction of sp³-hybridized carbons (Fsp3) is 0.217. The van der Waals surface area contributed by atoms with Crippen LogP contribution < -0.4 is 4.74 Å². The highest BCUT2D eigenvalue weighted by Gasteiger charge is 2.25. The number of aromatic nitrogens is 2. The molecule has 2 heterocycles. The third kappa shape index (κ3) is 4.53. The van der Waals surface area contributed by atoms with Crippen LogP contribution in [0.15, 0.2) is 60.7 Å². The summed E-state index contributed by atoms with van der Waals surface area (Å²) in [4.78, 5) is 28.8. The molecule has 1 fully saturated rings. The lowest BCUT2D eigenvalue weighted by atomic mass is 10.1. The molecule has 2 amide bonds. The van der Waals surface area contributed by atoms with Crippen molar-refractivity contribution in [3.05, 3.63) is 77.6 Å². The van der Waals surface area contributed by atoms with E-state index in [1.807, 2.05) is 12.1 Å². The van der Waals surface area contributed by atoms with Crippen LogP contribution >= 0.6 is 0 Å². The molecular formula is C23H21FN4O3. The van der Waals surface area contributed by atoms with Gasteiger partial charge in [0.1, 0.15) is 5.82 Å². The van der Waals surface area contributed by atoms with Crippen LogP contribution in [0.5, 0.6) is 5.88 Å². The lowest BCUT2D eigenvalue weighted by molar-refractivity contribution is 0.0535. The van der Waals surface area contributed by atoms with Gasteiger partial charge < -0.3 is 14.5 Å². The highest BCUT2D eigenvalue weighted by atomic mass is 19.1. The first-order valence-corrected chi connectivity index (χ1v) is 9.87. The number of rotatable bonds is 4. The molecule has 0 spiro atoms. The summed E-state index contributed by atoms with van der Waals surface area (Å²) >= 11 is 0. The fourth-order valence-electron chi connectivity index (χ4n) is 3.44. The maximum Gasteiger partial charge on any atom is 0.253 e. The topological polar surface area (TPSA) is 75.6 Å². The van der Waals surface area contributed by atoms with Gasteiger partial charge in [-0.15, -0.1) is 10.2 Å². The molecule has 0 N–H and O–H groups in total. The molecule has 0 saturated carbocycles. The molecule has 0 atom stereocenters. The van der Waals surface area contributed by atoms with Crippen LogP contribution in [0, 0.1) is 5.82 Å². The number of methoxy groups -OCH3 is 1. The fourth-order valence-corrected chi connectivity index (χ4v) is 3.44. The Hall–Kier alpha value is -3.81. The highest BCUT2D eigenvalue weighted by Crippen LogP contribution is 2.20. The number of halogens is 1. The van der Waals surface area contributed by atoms with Crippen LogP contribution in [0.3, 0.4) is 0 Å². The maximum atomic E-state index is 13.1. The first-order chi connectivity index (χ1) is 15.0. The number of carbonyl (C=O) groups is 2. The van der Waals surface area contributed by atoms with Crippen molar-refractivity contribution in [1.29, 1.82) is 0 Å². The van der Waals surface area contributed by atoms with Gasteiger partial charge in [-0.3, -0.25) is 9.59 Å². The summed E-state index contributed by atoms with van der Waals surface area (Å²) in [6, 6.07) is 16.2. The summed E-state index contributed by atoms with van der Waals surface area (Å²) in [5.41, 5.74) is 2.55. The molecule has 0 aliphatic carbocycles. The van der Waals surface area contributed by atoms with E-state index in [4.69, 9.17) is 4.74 Å². The molecule has 7 nitrogen and oxygen atoms in total. The normalized spacial score (nSPS) is 13.7. The van der Waals surface area contributed by atoms with Crippen molar-refractivity contribution in [2.75, 3.05) is 33.3 Å². The van der Waals surface area contributed by atoms with Gasteiger partial charge in [0.25, 0.3) is 11.8 Å². The Balaban J connectivity index is 1.37. The number of carbonyl (C=O) groups excluding carboxylic acids is 2. The zero-order valence-electron chi connectivity index (χ0n) is 17.0. The molecule has 1 saturated heterocycles. The Kier molecular flexibility index (Phi) is 5.88. The van der Waals surface area contributed by atoms with Crippen LogP contribution in [0.25, 0.3) is 11.3 Å². The third-order valence-electron chi connectivity index (χ3n) is 5.22. The van der Waals surface area contributed by atoms with Gasteiger partial charge in [0, 0.05) is 48.9 Å². The van der Waals surface area contributed by atoms with E-state index >= 15 is 0 Å². The van der Waals surface area contributed by atoms with Crippen LogP contribution in [0.4, 0.5) is 4.39 Å². The molecule has 8 heteroatoms. The molecule has 3 aromatic rings. The summed E-state index contributed by atoms with van der Waals surface area (Å²) in [6.07, 6.45) is 0. The van der Waals surface area contributed by atoms with Crippen molar-refractivity contribution < 1.29 is 18.7 Å². The van der Waals surface area contributed by atoms with Crippen LogP contribution in [0.1, 0.15) is 20.7 Å². The minimum Gasteiger partial charge on any atom is -0.480 e. The van der Waals surface area contributed by atoms with Crippen LogP contribution in [0.2, 0.25) is 0 Å². The van der Waals surface area contributed by atoms with Crippen molar-refractivity contribution in [3.63, 3.8) is 0 Å². The molecule has 31 heavy (non-hydrogen) atoms. The smallest absolute Gasteiger partial charge is 0.253 e. The Labute approximate surface area is 179 Å². The second-order valence-corrected chi connectivity index (χ2v) is 7.13. The zero-order chi connectivity index (χ0) is 21.8. The van der Waals surface area contributed by atoms with Gasteiger partial charge in [-0.25, -0.2) is 4.39 Å². The van der Waals surface area contributed by atoms with Gasteiger partial charge in [-0.1, -0.05) is 12.1 Å². The van der Waals surface area contributed by atoms with Crippen molar-refractivity contribution in [2.45, 2.75) is 0 Å². The largest absolute Gasteiger partial charge is 0.480 e. The summed E-state index contributed by atoms with van der Waals surface area (Å²) in [7, 11) is 1.53. The number of piperazine rings is 1. The average Bonchev–Trinajstić information content (AvgIpc) is 2.84. The quantitative estimate of drug-likeness (QED) is 0.649. The summed E-state index contributed by atoms with van der Waals surface area (Å²) in [5, 5.41) is 8.06. The number of amides is 2. The van der Waals surface area contributed by atoms with Gasteiger partial charge in [-0.05, 0) is 42.5 Å². The van der Waals surface area contributed by atoms with Crippen LogP contribution in [-0.2, 0) is 0 Å². The van der Waals surface area contributed by atoms with E-state index in [2.05, 4.69) is 10.2 Å². The molecule has 1 aromatic heterocycles. The maximum absolute atomic E-state index is 13.1. The minimum absolute atomic E-state index is 0.0822. The third-order valence-corrected chi connectivity index (χ3v) is 5.22. The minimum atomic E-state index is -0.378. The molecule has 0 bridgehead atoms. The summed E-state index contributed by atoms with van der Waals surface area (Å²) < 4.78 is 18.1. The molecule has 1 aliphatic heterocycles. The number of benzene rings is 2. The van der Waals surface area contributed by atoms with Gasteiger partial charge in [-0.2, -0.15) is 0 Å². The van der Waals surface area contributed by atoms with E-state index in [0.29, 0.717) is 48.9 Å². The second kappa shape index (κ2) is 8.91. The lowest BCUT2D eigenvalue weighted by Crippen LogP contribution is -2.50. The first kappa shape index (κ1) is 20.5. The standard InChI is InChI=1S/C23H21FN4O3/c1-31-21-11-10-20(25-26-21)16-2-4-17(5-3-16)22(29)27-12-14-28(15-13-27)23(30)18-6-8-19(24)9-7-18/h2-11H,12-15H2,1H3. The Morgan fingerprint density at radius 3 is 1.74 bits per heavy atom. The monoisotopic (exact) mass is 420 g/mol. The number of hydrogen-bond donors (Lipinski definition) is 0. The van der Waals surface area contributed by atoms with Gasteiger partial charge in [0.15, 0.2) is 0 Å². The second-order valence-electron chi connectivity index (χ2n) is 7.13. The molecule has 0 unspecified atom stereocenters. The van der Waals surface area contributed by atoms with E-state index in [1.165, 1.54) is 31.4 Å². The van der Waals surface area contributed by atoms with Gasteiger partial charge >= 0.3 is 0 Å². The SMILES string of the molecule is COc1ccc(-c2ccc(C(=O)N3CCN(C(=O)c4ccc(F)cc4)CC3)cc2)nn1. The molecule has 2 aromatic carbocycles. The number of ether oxygens (including phenoxy) is 1. The van der Waals surface area contributed by atoms with E-state index in [-0.39, 0.29) is 17.6 Å². The first-order valence-electron chi connectivity index (χ1n) is 9.87. The molecule has 1 aliphatic rings. The molecule has 4 rings (SSSR count). The molecular weight excluding hydrogens is 399 g/mol. The van der Waals surface area contributed by atoms with Crippen molar-refractivity contribution in [3.8, 4) is 17.1 Å². The van der Waals surface area contributed by atoms with Crippen molar-refractivity contribution in [1.82, 2.24) is 20.0 Å². The van der Waals surface area contributed by atoms with Crippen molar-refractivity contribution in [2.24, 2.45) is 0 Å². The van der Waals surface area contributed by atoms with E-state index in [0.717, 1.165) is 5.56 Å². The molecule has 0 radical (unpaired) electrons. The summed E-state index contributed by atoms with van der Waals surface area (Å²) in [6.45, 7) is 1.75. The number of hydrogen-bond acceptors (Lipinski definition) is 5. The van der Waals surface area contributed by atoms with Gasteiger partial charge in [0.2, 0.25) is 5.88 Å². The lowest BCUT2D eigenvalue weighted by Gasteiger charge is -2.35. The van der Waals surface area contributed by atoms with E-state index in [9.17, 15) is 14.0 Å². The molecule has 158 valence electrons. The average molecular weight is 420 g/mol. The summed E-state index contributed by atoms with van der Waals surface area (Å²) in [5.74, 6) is -0.178. The Morgan fingerprint density at radius 1 is 0.774 bits per heavy atom. The van der Waals surface area contributed by atoms with E-state index < -0.39 is 0 Å². The van der Waals surface area contributed by atoms with Crippen LogP contribution in [-0.4, -0.2) is 65.1 Å². The Bertz CT molecular complexity index is 1060. The number of nitrogens with zero attached hydrogens (tertiary/aromatic N) is 4.